The Hall–Kier alpha value is -1.82. The molecular formula is C20H20IN3O3S2. The number of halogens is 1. The number of nitrogens with one attached hydrogen (secondary N) is 1. The number of amides is 1. The van der Waals surface area contributed by atoms with Crippen molar-refractivity contribution in [1.29, 1.82) is 0 Å². The molecule has 0 unspecified atom stereocenters. The maximum absolute atomic E-state index is 12.5. The van der Waals surface area contributed by atoms with Gasteiger partial charge in [-0.3, -0.25) is 10.1 Å². The van der Waals surface area contributed by atoms with Crippen LogP contribution in [-0.2, 0) is 10.0 Å². The summed E-state index contributed by atoms with van der Waals surface area (Å²) in [6.07, 6.45) is 0. The predicted molar refractivity (Wildman–Crippen MR) is 125 cm³/mol. The van der Waals surface area contributed by atoms with Gasteiger partial charge in [0.2, 0.25) is 10.0 Å². The standard InChI is InChI=1S/C20H20IN3O3S2/c1-3-24(4-2)29(26,27)17-11-7-15(8-12-17)19(25)23-20-22-18(13-28-20)14-5-9-16(21)10-6-14/h5-13H,3-4H2,1-2H3,(H,22,23,25). The second-order valence-corrected chi connectivity index (χ2v) is 10.2. The summed E-state index contributed by atoms with van der Waals surface area (Å²) < 4.78 is 27.6. The molecule has 1 N–H and O–H groups in total. The van der Waals surface area contributed by atoms with Gasteiger partial charge < -0.3 is 0 Å². The Balaban J connectivity index is 1.72. The van der Waals surface area contributed by atoms with E-state index in [2.05, 4.69) is 32.9 Å². The highest BCUT2D eigenvalue weighted by atomic mass is 127. The SMILES string of the molecule is CCN(CC)S(=O)(=O)c1ccc(C(=O)Nc2nc(-c3ccc(I)cc3)cs2)cc1. The molecule has 0 bridgehead atoms. The number of sulfonamides is 1. The molecule has 0 aliphatic heterocycles. The summed E-state index contributed by atoms with van der Waals surface area (Å²) in [5, 5.41) is 5.15. The van der Waals surface area contributed by atoms with E-state index in [4.69, 9.17) is 0 Å². The van der Waals surface area contributed by atoms with Crippen molar-refractivity contribution in [3.8, 4) is 11.3 Å². The largest absolute Gasteiger partial charge is 0.298 e. The summed E-state index contributed by atoms with van der Waals surface area (Å²) in [5.41, 5.74) is 2.14. The van der Waals surface area contributed by atoms with E-state index in [1.54, 1.807) is 13.8 Å². The highest BCUT2D eigenvalue weighted by molar-refractivity contribution is 14.1. The minimum atomic E-state index is -3.54. The van der Waals surface area contributed by atoms with Gasteiger partial charge in [0.25, 0.3) is 5.91 Å². The third-order valence-corrected chi connectivity index (χ3v) is 7.87. The summed E-state index contributed by atoms with van der Waals surface area (Å²) in [7, 11) is -3.54. The zero-order valence-corrected chi connectivity index (χ0v) is 19.7. The molecule has 152 valence electrons. The van der Waals surface area contributed by atoms with E-state index in [0.29, 0.717) is 23.8 Å². The van der Waals surface area contributed by atoms with Crippen LogP contribution in [0.5, 0.6) is 0 Å². The second kappa shape index (κ2) is 9.33. The molecule has 0 saturated heterocycles. The Labute approximate surface area is 188 Å². The van der Waals surface area contributed by atoms with Crippen LogP contribution in [0, 0.1) is 3.57 Å². The van der Waals surface area contributed by atoms with E-state index < -0.39 is 10.0 Å². The quantitative estimate of drug-likeness (QED) is 0.440. The van der Waals surface area contributed by atoms with Crippen LogP contribution in [0.1, 0.15) is 24.2 Å². The van der Waals surface area contributed by atoms with E-state index in [9.17, 15) is 13.2 Å². The van der Waals surface area contributed by atoms with E-state index in [0.717, 1.165) is 14.8 Å². The summed E-state index contributed by atoms with van der Waals surface area (Å²) in [4.78, 5) is 17.1. The molecule has 0 atom stereocenters. The lowest BCUT2D eigenvalue weighted by atomic mass is 10.2. The number of anilines is 1. The number of hydrogen-bond donors (Lipinski definition) is 1. The Morgan fingerprint density at radius 1 is 1.07 bits per heavy atom. The fraction of sp³-hybridized carbons (Fsp3) is 0.200. The topological polar surface area (TPSA) is 79.4 Å². The molecule has 3 rings (SSSR count). The Kier molecular flexibility index (Phi) is 7.04. The smallest absolute Gasteiger partial charge is 0.257 e. The number of carbonyl (C=O) groups is 1. The summed E-state index contributed by atoms with van der Waals surface area (Å²) in [6.45, 7) is 4.38. The highest BCUT2D eigenvalue weighted by Gasteiger charge is 2.21. The van der Waals surface area contributed by atoms with Gasteiger partial charge in [0.05, 0.1) is 10.6 Å². The van der Waals surface area contributed by atoms with Crippen molar-refractivity contribution in [1.82, 2.24) is 9.29 Å². The Morgan fingerprint density at radius 3 is 2.28 bits per heavy atom. The maximum atomic E-state index is 12.5. The summed E-state index contributed by atoms with van der Waals surface area (Å²) in [6, 6.07) is 13.9. The van der Waals surface area contributed by atoms with Crippen molar-refractivity contribution in [3.63, 3.8) is 0 Å². The first kappa shape index (κ1) is 21.9. The molecule has 0 saturated carbocycles. The van der Waals surface area contributed by atoms with Crippen molar-refractivity contribution in [2.24, 2.45) is 0 Å². The van der Waals surface area contributed by atoms with E-state index in [1.165, 1.54) is 39.9 Å². The third kappa shape index (κ3) is 5.03. The Morgan fingerprint density at radius 2 is 1.69 bits per heavy atom. The number of thiazole rings is 1. The van der Waals surface area contributed by atoms with Gasteiger partial charge in [0, 0.05) is 33.2 Å². The zero-order valence-electron chi connectivity index (χ0n) is 15.9. The van der Waals surface area contributed by atoms with Crippen LogP contribution < -0.4 is 5.32 Å². The molecule has 0 spiro atoms. The van der Waals surface area contributed by atoms with Crippen LogP contribution in [-0.4, -0.2) is 36.7 Å². The molecule has 1 heterocycles. The van der Waals surface area contributed by atoms with Crippen molar-refractivity contribution in [2.45, 2.75) is 18.7 Å². The van der Waals surface area contributed by atoms with Crippen molar-refractivity contribution in [2.75, 3.05) is 18.4 Å². The summed E-state index contributed by atoms with van der Waals surface area (Å²) in [5.74, 6) is -0.333. The average Bonchev–Trinajstić information content (AvgIpc) is 3.17. The third-order valence-electron chi connectivity index (χ3n) is 4.32. The number of rotatable bonds is 7. The number of hydrogen-bond acceptors (Lipinski definition) is 5. The minimum Gasteiger partial charge on any atom is -0.298 e. The molecule has 1 amide bonds. The first-order chi connectivity index (χ1) is 13.8. The van der Waals surface area contributed by atoms with Crippen LogP contribution in [0.15, 0.2) is 58.8 Å². The number of benzene rings is 2. The predicted octanol–water partition coefficient (Wildman–Crippen LogP) is 4.70. The van der Waals surface area contributed by atoms with Crippen molar-refractivity contribution in [3.05, 3.63) is 63.0 Å². The lowest BCUT2D eigenvalue weighted by Gasteiger charge is -2.18. The number of nitrogens with zero attached hydrogens (tertiary/aromatic N) is 2. The lowest BCUT2D eigenvalue weighted by Crippen LogP contribution is -2.30. The van der Waals surface area contributed by atoms with Crippen LogP contribution in [0.25, 0.3) is 11.3 Å². The molecule has 9 heteroatoms. The molecule has 1 aromatic heterocycles. The molecule has 6 nitrogen and oxygen atoms in total. The van der Waals surface area contributed by atoms with Crippen LogP contribution in [0.4, 0.5) is 5.13 Å². The number of carbonyl (C=O) groups excluding carboxylic acids is 1. The molecular weight excluding hydrogens is 521 g/mol. The van der Waals surface area contributed by atoms with Gasteiger partial charge in [-0.05, 0) is 59.0 Å². The number of aromatic nitrogens is 1. The van der Waals surface area contributed by atoms with Gasteiger partial charge in [-0.15, -0.1) is 11.3 Å². The molecule has 2 aromatic carbocycles. The lowest BCUT2D eigenvalue weighted by molar-refractivity contribution is 0.102. The Bertz CT molecular complexity index is 1090. The minimum absolute atomic E-state index is 0.174. The van der Waals surface area contributed by atoms with Gasteiger partial charge in [-0.2, -0.15) is 4.31 Å². The molecule has 0 radical (unpaired) electrons. The fourth-order valence-electron chi connectivity index (χ4n) is 2.74. The van der Waals surface area contributed by atoms with Gasteiger partial charge in [-0.1, -0.05) is 26.0 Å². The molecule has 3 aromatic rings. The van der Waals surface area contributed by atoms with Gasteiger partial charge >= 0.3 is 0 Å². The van der Waals surface area contributed by atoms with Crippen LogP contribution in [0.2, 0.25) is 0 Å². The molecule has 0 aliphatic carbocycles. The molecule has 29 heavy (non-hydrogen) atoms. The monoisotopic (exact) mass is 541 g/mol. The van der Waals surface area contributed by atoms with Crippen molar-refractivity contribution < 1.29 is 13.2 Å². The van der Waals surface area contributed by atoms with Gasteiger partial charge in [-0.25, -0.2) is 13.4 Å². The summed E-state index contributed by atoms with van der Waals surface area (Å²) >= 11 is 3.58. The van der Waals surface area contributed by atoms with Crippen molar-refractivity contribution >= 4 is 55.0 Å². The maximum Gasteiger partial charge on any atom is 0.257 e. The van der Waals surface area contributed by atoms with E-state index >= 15 is 0 Å². The second-order valence-electron chi connectivity index (χ2n) is 6.11. The first-order valence-corrected chi connectivity index (χ1v) is 12.4. The molecule has 0 aliphatic rings. The highest BCUT2D eigenvalue weighted by Crippen LogP contribution is 2.26. The van der Waals surface area contributed by atoms with Gasteiger partial charge in [0.1, 0.15) is 0 Å². The first-order valence-electron chi connectivity index (χ1n) is 8.98. The average molecular weight is 541 g/mol. The molecule has 0 fully saturated rings. The van der Waals surface area contributed by atoms with E-state index in [1.807, 2.05) is 29.6 Å². The van der Waals surface area contributed by atoms with Crippen LogP contribution in [0.3, 0.4) is 0 Å². The van der Waals surface area contributed by atoms with Crippen LogP contribution >= 0.6 is 33.9 Å². The normalized spacial score (nSPS) is 11.6. The van der Waals surface area contributed by atoms with Gasteiger partial charge in [0.15, 0.2) is 5.13 Å². The fourth-order valence-corrected chi connectivity index (χ4v) is 5.28. The van der Waals surface area contributed by atoms with E-state index in [-0.39, 0.29) is 10.8 Å². The zero-order chi connectivity index (χ0) is 21.0.